The van der Waals surface area contributed by atoms with Gasteiger partial charge in [-0.2, -0.15) is 0 Å². The van der Waals surface area contributed by atoms with Crippen molar-refractivity contribution in [2.45, 2.75) is 6.04 Å². The highest BCUT2D eigenvalue weighted by molar-refractivity contribution is 6.11. The molecule has 1 aliphatic rings. The Hall–Kier alpha value is -7.56. The number of aromatic nitrogens is 3. The van der Waals surface area contributed by atoms with Crippen LogP contribution in [0.1, 0.15) is 11.6 Å². The van der Waals surface area contributed by atoms with E-state index in [1.165, 1.54) is 71.0 Å². The summed E-state index contributed by atoms with van der Waals surface area (Å²) >= 11 is 0. The van der Waals surface area contributed by atoms with E-state index < -0.39 is 0 Å². The van der Waals surface area contributed by atoms with E-state index in [9.17, 15) is 0 Å². The van der Waals surface area contributed by atoms with Crippen molar-refractivity contribution in [3.05, 3.63) is 212 Å². The lowest BCUT2D eigenvalue weighted by Crippen LogP contribution is -2.14. The first-order valence-electron chi connectivity index (χ1n) is 19.6. The summed E-state index contributed by atoms with van der Waals surface area (Å²) < 4.78 is 7.30. The Balaban J connectivity index is 1.11. The molecule has 4 heterocycles. The van der Waals surface area contributed by atoms with Crippen LogP contribution in [0.4, 0.5) is 0 Å². The van der Waals surface area contributed by atoms with Gasteiger partial charge in [-0.25, -0.2) is 0 Å². The Kier molecular flexibility index (Phi) is 6.96. The van der Waals surface area contributed by atoms with E-state index in [1.807, 2.05) is 12.3 Å². The first-order valence-corrected chi connectivity index (χ1v) is 19.6. The summed E-state index contributed by atoms with van der Waals surface area (Å²) in [6.45, 7) is 0. The van der Waals surface area contributed by atoms with Crippen LogP contribution >= 0.6 is 0 Å². The first kappa shape index (κ1) is 31.8. The summed E-state index contributed by atoms with van der Waals surface area (Å²) in [5.74, 6) is 0. The Morgan fingerprint density at radius 2 is 0.789 bits per heavy atom. The molecule has 0 amide bonds. The van der Waals surface area contributed by atoms with E-state index in [2.05, 4.69) is 213 Å². The van der Waals surface area contributed by atoms with Gasteiger partial charge in [-0.3, -0.25) is 0 Å². The number of para-hydroxylation sites is 5. The average molecular weight is 729 g/mol. The van der Waals surface area contributed by atoms with Gasteiger partial charge in [0.2, 0.25) is 0 Å². The standard InChI is InChI=1S/C53H36N4/c1-6-22-48-41(16-1)42-17-2-7-23-49(42)56(48)39-31-37(32-40(34-39)57-50-24-8-3-18-43(50)44-19-4-9-25-51(44)57)35-14-13-15-38(30-35)55-52-26-10-5-20-45(52)46-33-36(27-28-53(46)55)47-21-11-12-29-54-47/h1-34,47,54H. The number of hydrogen-bond acceptors (Lipinski definition) is 1. The number of nitrogens with zero attached hydrogens (tertiary/aromatic N) is 3. The predicted molar refractivity (Wildman–Crippen MR) is 239 cm³/mol. The maximum absolute atomic E-state index is 3.50. The SMILES string of the molecule is C1=CNC(c2ccc3c(c2)c2ccccc2n3-c2cccc(-c3cc(-n4c5ccccc5c5ccccc54)cc(-n4c5ccccc5c5ccccc54)c3)c2)C=C1. The molecule has 0 fully saturated rings. The van der Waals surface area contributed by atoms with Gasteiger partial charge in [-0.1, -0.05) is 121 Å². The second-order valence-corrected chi connectivity index (χ2v) is 15.0. The number of allylic oxidation sites excluding steroid dienone is 2. The molecule has 0 bridgehead atoms. The van der Waals surface area contributed by atoms with E-state index in [4.69, 9.17) is 0 Å². The molecule has 0 spiro atoms. The van der Waals surface area contributed by atoms with E-state index in [0.29, 0.717) is 0 Å². The van der Waals surface area contributed by atoms with Crippen molar-refractivity contribution in [2.75, 3.05) is 0 Å². The molecule has 3 aromatic heterocycles. The van der Waals surface area contributed by atoms with Gasteiger partial charge in [0, 0.05) is 49.4 Å². The Morgan fingerprint density at radius 1 is 0.333 bits per heavy atom. The number of nitrogens with one attached hydrogen (secondary N) is 1. The van der Waals surface area contributed by atoms with Crippen molar-refractivity contribution in [3.63, 3.8) is 0 Å². The zero-order chi connectivity index (χ0) is 37.5. The van der Waals surface area contributed by atoms with Gasteiger partial charge in [-0.05, 0) is 102 Å². The van der Waals surface area contributed by atoms with Crippen molar-refractivity contribution < 1.29 is 0 Å². The van der Waals surface area contributed by atoms with E-state index >= 15 is 0 Å². The molecule has 4 heteroatoms. The zero-order valence-corrected chi connectivity index (χ0v) is 31.0. The van der Waals surface area contributed by atoms with Crippen molar-refractivity contribution in [2.24, 2.45) is 0 Å². The molecular weight excluding hydrogens is 693 g/mol. The number of rotatable bonds is 5. The lowest BCUT2D eigenvalue weighted by molar-refractivity contribution is 0.747. The maximum atomic E-state index is 3.50. The van der Waals surface area contributed by atoms with Crippen LogP contribution in [-0.4, -0.2) is 13.7 Å². The highest BCUT2D eigenvalue weighted by atomic mass is 15.0. The summed E-state index contributed by atoms with van der Waals surface area (Å²) in [5.41, 5.74) is 14.1. The normalized spacial score (nSPS) is 14.1. The second-order valence-electron chi connectivity index (χ2n) is 15.0. The van der Waals surface area contributed by atoms with Gasteiger partial charge in [0.1, 0.15) is 0 Å². The summed E-state index contributed by atoms with van der Waals surface area (Å²) in [6.07, 6.45) is 8.39. The van der Waals surface area contributed by atoms with E-state index in [1.54, 1.807) is 0 Å². The molecule has 8 aromatic carbocycles. The minimum absolute atomic E-state index is 0.149. The Morgan fingerprint density at radius 3 is 1.30 bits per heavy atom. The van der Waals surface area contributed by atoms with E-state index in [-0.39, 0.29) is 6.04 Å². The lowest BCUT2D eigenvalue weighted by Gasteiger charge is -2.17. The monoisotopic (exact) mass is 728 g/mol. The van der Waals surface area contributed by atoms with E-state index in [0.717, 1.165) is 28.2 Å². The van der Waals surface area contributed by atoms with Crippen molar-refractivity contribution in [1.82, 2.24) is 19.0 Å². The van der Waals surface area contributed by atoms with Crippen LogP contribution in [-0.2, 0) is 0 Å². The largest absolute Gasteiger partial charge is 0.381 e. The van der Waals surface area contributed by atoms with Crippen LogP contribution in [0.2, 0.25) is 0 Å². The molecule has 1 aliphatic heterocycles. The molecule has 0 radical (unpaired) electrons. The van der Waals surface area contributed by atoms with Crippen molar-refractivity contribution >= 4 is 65.4 Å². The molecule has 11 aromatic rings. The topological polar surface area (TPSA) is 26.8 Å². The van der Waals surface area contributed by atoms with Gasteiger partial charge in [0.05, 0.1) is 39.1 Å². The third-order valence-electron chi connectivity index (χ3n) is 11.9. The van der Waals surface area contributed by atoms with Gasteiger partial charge in [0.25, 0.3) is 0 Å². The van der Waals surface area contributed by atoms with Crippen LogP contribution < -0.4 is 5.32 Å². The predicted octanol–water partition coefficient (Wildman–Crippen LogP) is 13.4. The average Bonchev–Trinajstić information content (AvgIpc) is 3.92. The zero-order valence-electron chi connectivity index (χ0n) is 31.0. The molecule has 0 saturated heterocycles. The lowest BCUT2D eigenvalue weighted by atomic mass is 10.0. The van der Waals surface area contributed by atoms with Gasteiger partial charge >= 0.3 is 0 Å². The Bertz CT molecular complexity index is 3220. The first-order chi connectivity index (χ1) is 28.3. The number of hydrogen-bond donors (Lipinski definition) is 1. The van der Waals surface area contributed by atoms with Crippen LogP contribution in [0, 0.1) is 0 Å². The third-order valence-corrected chi connectivity index (χ3v) is 11.9. The fraction of sp³-hybridized carbons (Fsp3) is 0.0189. The molecule has 57 heavy (non-hydrogen) atoms. The summed E-state index contributed by atoms with van der Waals surface area (Å²) in [7, 11) is 0. The minimum Gasteiger partial charge on any atom is -0.381 e. The molecule has 268 valence electrons. The maximum Gasteiger partial charge on any atom is 0.0695 e. The van der Waals surface area contributed by atoms with Gasteiger partial charge < -0.3 is 19.0 Å². The molecule has 0 aliphatic carbocycles. The highest BCUT2D eigenvalue weighted by Gasteiger charge is 2.19. The quantitative estimate of drug-likeness (QED) is 0.188. The molecule has 0 saturated carbocycles. The van der Waals surface area contributed by atoms with Crippen molar-refractivity contribution in [1.29, 1.82) is 0 Å². The highest BCUT2D eigenvalue weighted by Crippen LogP contribution is 2.39. The third kappa shape index (κ3) is 4.87. The molecule has 1 atom stereocenters. The number of benzene rings is 8. The second kappa shape index (κ2) is 12.5. The summed E-state index contributed by atoms with van der Waals surface area (Å²) in [6, 6.07) is 67.1. The molecule has 1 N–H and O–H groups in total. The molecule has 4 nitrogen and oxygen atoms in total. The van der Waals surface area contributed by atoms with Crippen molar-refractivity contribution in [3.8, 4) is 28.2 Å². The minimum atomic E-state index is 0.149. The molecule has 1 unspecified atom stereocenters. The van der Waals surface area contributed by atoms with Gasteiger partial charge in [0.15, 0.2) is 0 Å². The van der Waals surface area contributed by atoms with Crippen LogP contribution in [0.3, 0.4) is 0 Å². The number of dihydropyridines is 1. The fourth-order valence-corrected chi connectivity index (χ4v) is 9.36. The summed E-state index contributed by atoms with van der Waals surface area (Å²) in [4.78, 5) is 0. The van der Waals surface area contributed by atoms with Crippen LogP contribution in [0.15, 0.2) is 206 Å². The molecule has 12 rings (SSSR count). The van der Waals surface area contributed by atoms with Gasteiger partial charge in [-0.15, -0.1) is 0 Å². The summed E-state index contributed by atoms with van der Waals surface area (Å²) in [5, 5.41) is 11.0. The Labute approximate surface area is 329 Å². The van der Waals surface area contributed by atoms with Crippen LogP contribution in [0.5, 0.6) is 0 Å². The molecular formula is C53H36N4. The smallest absolute Gasteiger partial charge is 0.0695 e. The van der Waals surface area contributed by atoms with Crippen LogP contribution in [0.25, 0.3) is 93.6 Å². The fourth-order valence-electron chi connectivity index (χ4n) is 9.36. The number of fused-ring (bicyclic) bond motifs is 9.